The third-order valence-corrected chi connectivity index (χ3v) is 2.95. The van der Waals surface area contributed by atoms with Crippen molar-refractivity contribution in [3.63, 3.8) is 0 Å². The van der Waals surface area contributed by atoms with Crippen molar-refractivity contribution >= 4 is 23.5 Å². The van der Waals surface area contributed by atoms with E-state index in [9.17, 15) is 4.79 Å². The number of carbonyl (C=O) groups is 1. The van der Waals surface area contributed by atoms with Crippen LogP contribution in [0.3, 0.4) is 0 Å². The fourth-order valence-corrected chi connectivity index (χ4v) is 1.97. The quantitative estimate of drug-likeness (QED) is 0.731. The SMILES string of the molecule is CC(Cl)C(=O)N1CCN(c2ncccn2)CC1. The largest absolute Gasteiger partial charge is 0.338 e. The van der Waals surface area contributed by atoms with Gasteiger partial charge in [-0.25, -0.2) is 9.97 Å². The van der Waals surface area contributed by atoms with Crippen molar-refractivity contribution in [3.05, 3.63) is 18.5 Å². The molecule has 1 fully saturated rings. The maximum absolute atomic E-state index is 11.7. The molecular formula is C11H15ClN4O. The van der Waals surface area contributed by atoms with Crippen LogP contribution in [0.15, 0.2) is 18.5 Å². The van der Waals surface area contributed by atoms with Crippen molar-refractivity contribution in [1.29, 1.82) is 0 Å². The summed E-state index contributed by atoms with van der Waals surface area (Å²) in [6, 6.07) is 1.79. The first-order chi connectivity index (χ1) is 8.18. The summed E-state index contributed by atoms with van der Waals surface area (Å²) in [4.78, 5) is 23.9. The first kappa shape index (κ1) is 12.1. The van der Waals surface area contributed by atoms with Crippen molar-refractivity contribution in [2.75, 3.05) is 31.1 Å². The fourth-order valence-electron chi connectivity index (χ4n) is 1.83. The van der Waals surface area contributed by atoms with E-state index < -0.39 is 5.38 Å². The number of nitrogens with zero attached hydrogens (tertiary/aromatic N) is 4. The van der Waals surface area contributed by atoms with Gasteiger partial charge in [0.2, 0.25) is 11.9 Å². The van der Waals surface area contributed by atoms with Gasteiger partial charge in [0.25, 0.3) is 0 Å². The van der Waals surface area contributed by atoms with Crippen LogP contribution < -0.4 is 4.90 Å². The van der Waals surface area contributed by atoms with Crippen LogP contribution in [0.4, 0.5) is 5.95 Å². The van der Waals surface area contributed by atoms with E-state index >= 15 is 0 Å². The van der Waals surface area contributed by atoms with Crippen molar-refractivity contribution < 1.29 is 4.79 Å². The standard InChI is InChI=1S/C11H15ClN4O/c1-9(12)10(17)15-5-7-16(8-6-15)11-13-3-2-4-14-11/h2-4,9H,5-8H2,1H3. The van der Waals surface area contributed by atoms with Crippen LogP contribution in [-0.2, 0) is 4.79 Å². The summed E-state index contributed by atoms with van der Waals surface area (Å²) in [6.45, 7) is 4.55. The molecule has 0 bridgehead atoms. The van der Waals surface area contributed by atoms with Gasteiger partial charge in [-0.15, -0.1) is 11.6 Å². The van der Waals surface area contributed by atoms with Crippen molar-refractivity contribution in [2.45, 2.75) is 12.3 Å². The molecule has 1 saturated heterocycles. The molecule has 2 heterocycles. The highest BCUT2D eigenvalue weighted by Gasteiger charge is 2.24. The maximum atomic E-state index is 11.7. The predicted octanol–water partition coefficient (Wildman–Crippen LogP) is 0.753. The van der Waals surface area contributed by atoms with E-state index in [4.69, 9.17) is 11.6 Å². The minimum absolute atomic E-state index is 0.000275. The topological polar surface area (TPSA) is 49.3 Å². The van der Waals surface area contributed by atoms with E-state index in [0.29, 0.717) is 13.1 Å². The number of aromatic nitrogens is 2. The molecule has 0 saturated carbocycles. The van der Waals surface area contributed by atoms with E-state index in [1.165, 1.54) is 0 Å². The zero-order valence-electron chi connectivity index (χ0n) is 9.71. The lowest BCUT2D eigenvalue weighted by molar-refractivity contribution is -0.130. The van der Waals surface area contributed by atoms with Crippen molar-refractivity contribution in [2.24, 2.45) is 0 Å². The Labute approximate surface area is 105 Å². The zero-order chi connectivity index (χ0) is 12.3. The van der Waals surface area contributed by atoms with E-state index in [1.807, 2.05) is 0 Å². The van der Waals surface area contributed by atoms with Gasteiger partial charge in [0.1, 0.15) is 5.38 Å². The Morgan fingerprint density at radius 1 is 1.29 bits per heavy atom. The Morgan fingerprint density at radius 3 is 2.41 bits per heavy atom. The van der Waals surface area contributed by atoms with Gasteiger partial charge in [0.05, 0.1) is 0 Å². The molecule has 1 unspecified atom stereocenters. The summed E-state index contributed by atoms with van der Waals surface area (Å²) < 4.78 is 0. The molecule has 1 atom stereocenters. The first-order valence-corrected chi connectivity index (χ1v) is 6.07. The number of alkyl halides is 1. The molecule has 6 heteroatoms. The molecular weight excluding hydrogens is 240 g/mol. The summed E-state index contributed by atoms with van der Waals surface area (Å²) in [5.74, 6) is 0.721. The smallest absolute Gasteiger partial charge is 0.240 e. The number of rotatable bonds is 2. The van der Waals surface area contributed by atoms with Gasteiger partial charge in [-0.2, -0.15) is 0 Å². The lowest BCUT2D eigenvalue weighted by Crippen LogP contribution is -2.50. The Kier molecular flexibility index (Phi) is 3.78. The van der Waals surface area contributed by atoms with Gasteiger partial charge in [-0.1, -0.05) is 0 Å². The number of anilines is 1. The number of halogens is 1. The summed E-state index contributed by atoms with van der Waals surface area (Å²) in [5, 5.41) is -0.450. The highest BCUT2D eigenvalue weighted by Crippen LogP contribution is 2.11. The van der Waals surface area contributed by atoms with E-state index in [0.717, 1.165) is 19.0 Å². The van der Waals surface area contributed by atoms with Crippen LogP contribution >= 0.6 is 11.6 Å². The van der Waals surface area contributed by atoms with E-state index in [1.54, 1.807) is 30.3 Å². The molecule has 0 aliphatic carbocycles. The number of hydrogen-bond acceptors (Lipinski definition) is 4. The molecule has 1 aromatic rings. The molecule has 1 amide bonds. The normalized spacial score (nSPS) is 18.0. The number of hydrogen-bond donors (Lipinski definition) is 0. The second-order valence-electron chi connectivity index (χ2n) is 3.98. The molecule has 17 heavy (non-hydrogen) atoms. The number of carbonyl (C=O) groups excluding carboxylic acids is 1. The lowest BCUT2D eigenvalue weighted by atomic mass is 10.3. The summed E-state index contributed by atoms with van der Waals surface area (Å²) >= 11 is 5.79. The van der Waals surface area contributed by atoms with Crippen molar-refractivity contribution in [3.8, 4) is 0 Å². The van der Waals surface area contributed by atoms with Crippen LogP contribution in [0, 0.1) is 0 Å². The lowest BCUT2D eigenvalue weighted by Gasteiger charge is -2.35. The van der Waals surface area contributed by atoms with Gasteiger partial charge in [0, 0.05) is 38.6 Å². The molecule has 5 nitrogen and oxygen atoms in total. The van der Waals surface area contributed by atoms with Crippen LogP contribution in [0.1, 0.15) is 6.92 Å². The van der Waals surface area contributed by atoms with Gasteiger partial charge >= 0.3 is 0 Å². The second-order valence-corrected chi connectivity index (χ2v) is 4.63. The Hall–Kier alpha value is -1.36. The molecule has 0 N–H and O–H groups in total. The third-order valence-electron chi connectivity index (χ3n) is 2.77. The zero-order valence-corrected chi connectivity index (χ0v) is 10.5. The molecule has 2 rings (SSSR count). The minimum Gasteiger partial charge on any atom is -0.338 e. The van der Waals surface area contributed by atoms with E-state index in [-0.39, 0.29) is 5.91 Å². The predicted molar refractivity (Wildman–Crippen MR) is 66.1 cm³/mol. The highest BCUT2D eigenvalue weighted by molar-refractivity contribution is 6.30. The Bertz CT molecular complexity index is 376. The van der Waals surface area contributed by atoms with Gasteiger partial charge < -0.3 is 9.80 Å². The molecule has 0 radical (unpaired) electrons. The van der Waals surface area contributed by atoms with Crippen LogP contribution in [0.25, 0.3) is 0 Å². The second kappa shape index (κ2) is 5.31. The maximum Gasteiger partial charge on any atom is 0.240 e. The fraction of sp³-hybridized carbons (Fsp3) is 0.545. The monoisotopic (exact) mass is 254 g/mol. The average molecular weight is 255 g/mol. The molecule has 1 aliphatic heterocycles. The number of piperazine rings is 1. The third kappa shape index (κ3) is 2.85. The Morgan fingerprint density at radius 2 is 1.88 bits per heavy atom. The molecule has 92 valence electrons. The molecule has 0 spiro atoms. The Balaban J connectivity index is 1.93. The van der Waals surface area contributed by atoms with Crippen LogP contribution in [0.2, 0.25) is 0 Å². The average Bonchev–Trinajstić information content (AvgIpc) is 2.39. The van der Waals surface area contributed by atoms with Crippen LogP contribution in [-0.4, -0.2) is 52.3 Å². The van der Waals surface area contributed by atoms with Gasteiger partial charge in [0.15, 0.2) is 0 Å². The number of amides is 1. The van der Waals surface area contributed by atoms with Crippen molar-refractivity contribution in [1.82, 2.24) is 14.9 Å². The van der Waals surface area contributed by atoms with Gasteiger partial charge in [-0.05, 0) is 13.0 Å². The summed E-state index contributed by atoms with van der Waals surface area (Å²) in [7, 11) is 0. The molecule has 1 aliphatic rings. The highest BCUT2D eigenvalue weighted by atomic mass is 35.5. The minimum atomic E-state index is -0.450. The van der Waals surface area contributed by atoms with Crippen LogP contribution in [0.5, 0.6) is 0 Å². The first-order valence-electron chi connectivity index (χ1n) is 5.63. The summed E-state index contributed by atoms with van der Waals surface area (Å²) in [6.07, 6.45) is 3.45. The molecule has 1 aromatic heterocycles. The summed E-state index contributed by atoms with van der Waals surface area (Å²) in [5.41, 5.74) is 0. The molecule has 0 aromatic carbocycles. The van der Waals surface area contributed by atoms with E-state index in [2.05, 4.69) is 14.9 Å². The van der Waals surface area contributed by atoms with Gasteiger partial charge in [-0.3, -0.25) is 4.79 Å².